The second-order valence-corrected chi connectivity index (χ2v) is 3.53. The lowest BCUT2D eigenvalue weighted by molar-refractivity contribution is 0.167. The predicted molar refractivity (Wildman–Crippen MR) is 72.1 cm³/mol. The van der Waals surface area contributed by atoms with Crippen LogP contribution in [0.5, 0.6) is 0 Å². The number of amides is 2. The summed E-state index contributed by atoms with van der Waals surface area (Å²) in [5.74, 6) is 0. The summed E-state index contributed by atoms with van der Waals surface area (Å²) >= 11 is 0. The minimum atomic E-state index is -0.588. The van der Waals surface area contributed by atoms with Gasteiger partial charge in [-0.25, -0.2) is 9.59 Å². The van der Waals surface area contributed by atoms with Gasteiger partial charge in [0.05, 0.1) is 13.2 Å². The number of anilines is 3. The van der Waals surface area contributed by atoms with Crippen LogP contribution in [0.3, 0.4) is 0 Å². The van der Waals surface area contributed by atoms with Crippen LogP contribution in [0.15, 0.2) is 18.2 Å². The fraction of sp³-hybridized carbons (Fsp3) is 0.333. The SMILES string of the molecule is CCOC(=O)Nc1cc(N)cc(NC(=O)OCC)c1. The highest BCUT2D eigenvalue weighted by Gasteiger charge is 2.07. The Hall–Kier alpha value is -2.44. The molecule has 0 saturated heterocycles. The summed E-state index contributed by atoms with van der Waals surface area (Å²) in [7, 11) is 0. The van der Waals surface area contributed by atoms with E-state index in [1.54, 1.807) is 32.0 Å². The molecule has 0 aliphatic rings. The van der Waals surface area contributed by atoms with Gasteiger partial charge in [0.1, 0.15) is 0 Å². The van der Waals surface area contributed by atoms with Crippen LogP contribution in [0.4, 0.5) is 26.7 Å². The minimum Gasteiger partial charge on any atom is -0.450 e. The van der Waals surface area contributed by atoms with Gasteiger partial charge < -0.3 is 15.2 Å². The largest absolute Gasteiger partial charge is 0.450 e. The molecule has 0 aliphatic carbocycles. The molecule has 0 spiro atoms. The van der Waals surface area contributed by atoms with Gasteiger partial charge in [-0.2, -0.15) is 0 Å². The van der Waals surface area contributed by atoms with Crippen molar-refractivity contribution in [2.45, 2.75) is 13.8 Å². The number of rotatable bonds is 4. The smallest absolute Gasteiger partial charge is 0.411 e. The molecular formula is C12H17N3O4. The zero-order valence-electron chi connectivity index (χ0n) is 10.9. The second kappa shape index (κ2) is 7.10. The average Bonchev–Trinajstić information content (AvgIpc) is 2.28. The molecule has 0 atom stereocenters. The second-order valence-electron chi connectivity index (χ2n) is 3.53. The number of nitrogens with two attached hydrogens (primary N) is 1. The van der Waals surface area contributed by atoms with Crippen LogP contribution in [-0.4, -0.2) is 25.4 Å². The van der Waals surface area contributed by atoms with Crippen molar-refractivity contribution >= 4 is 29.2 Å². The number of ether oxygens (including phenoxy) is 2. The van der Waals surface area contributed by atoms with Crippen molar-refractivity contribution < 1.29 is 19.1 Å². The van der Waals surface area contributed by atoms with Crippen LogP contribution in [0.2, 0.25) is 0 Å². The van der Waals surface area contributed by atoms with Crippen LogP contribution in [0.25, 0.3) is 0 Å². The van der Waals surface area contributed by atoms with E-state index in [4.69, 9.17) is 15.2 Å². The third kappa shape index (κ3) is 5.15. The number of nitrogen functional groups attached to an aromatic ring is 1. The van der Waals surface area contributed by atoms with Crippen LogP contribution < -0.4 is 16.4 Å². The highest BCUT2D eigenvalue weighted by atomic mass is 16.6. The number of hydrogen-bond acceptors (Lipinski definition) is 5. The molecule has 1 aromatic carbocycles. The molecule has 0 aromatic heterocycles. The quantitative estimate of drug-likeness (QED) is 0.727. The Morgan fingerprint density at radius 3 is 1.79 bits per heavy atom. The van der Waals surface area contributed by atoms with E-state index in [9.17, 15) is 9.59 Å². The third-order valence-corrected chi connectivity index (χ3v) is 2.00. The molecule has 2 amide bonds. The van der Waals surface area contributed by atoms with Gasteiger partial charge in [-0.15, -0.1) is 0 Å². The van der Waals surface area contributed by atoms with Gasteiger partial charge in [-0.1, -0.05) is 0 Å². The number of nitrogens with one attached hydrogen (secondary N) is 2. The molecule has 0 unspecified atom stereocenters. The Morgan fingerprint density at radius 2 is 1.42 bits per heavy atom. The number of hydrogen-bond donors (Lipinski definition) is 3. The number of carbonyl (C=O) groups is 2. The van der Waals surface area contributed by atoms with Gasteiger partial charge in [0.2, 0.25) is 0 Å². The number of carbonyl (C=O) groups excluding carboxylic acids is 2. The first-order valence-corrected chi connectivity index (χ1v) is 5.83. The summed E-state index contributed by atoms with van der Waals surface area (Å²) in [6.07, 6.45) is -1.18. The summed E-state index contributed by atoms with van der Waals surface area (Å²) in [6.45, 7) is 3.93. The predicted octanol–water partition coefficient (Wildman–Crippen LogP) is 2.41. The van der Waals surface area contributed by atoms with Crippen molar-refractivity contribution in [1.82, 2.24) is 0 Å². The van der Waals surface area contributed by atoms with Crippen LogP contribution in [-0.2, 0) is 9.47 Å². The van der Waals surface area contributed by atoms with Gasteiger partial charge in [0.15, 0.2) is 0 Å². The molecule has 7 heteroatoms. The average molecular weight is 267 g/mol. The summed E-state index contributed by atoms with van der Waals surface area (Å²) in [4.78, 5) is 22.5. The first-order chi connectivity index (χ1) is 9.05. The third-order valence-electron chi connectivity index (χ3n) is 2.00. The Morgan fingerprint density at radius 1 is 1.00 bits per heavy atom. The van der Waals surface area contributed by atoms with Crippen molar-refractivity contribution in [3.8, 4) is 0 Å². The first kappa shape index (κ1) is 14.6. The zero-order chi connectivity index (χ0) is 14.3. The van der Waals surface area contributed by atoms with Crippen molar-refractivity contribution in [1.29, 1.82) is 0 Å². The van der Waals surface area contributed by atoms with E-state index in [-0.39, 0.29) is 13.2 Å². The van der Waals surface area contributed by atoms with Crippen LogP contribution in [0, 0.1) is 0 Å². The monoisotopic (exact) mass is 267 g/mol. The Balaban J connectivity index is 2.76. The standard InChI is InChI=1S/C12H17N3O4/c1-3-18-11(16)14-9-5-8(13)6-10(7-9)15-12(17)19-4-2/h5-7H,3-4,13H2,1-2H3,(H,14,16)(H,15,17). The molecular weight excluding hydrogens is 250 g/mol. The summed E-state index contributed by atoms with van der Waals surface area (Å²) in [5.41, 5.74) is 6.91. The molecule has 1 aromatic rings. The molecule has 4 N–H and O–H groups in total. The Labute approximate surface area is 111 Å². The molecule has 104 valence electrons. The summed E-state index contributed by atoms with van der Waals surface area (Å²) in [5, 5.41) is 4.99. The molecule has 0 bridgehead atoms. The highest BCUT2D eigenvalue weighted by Crippen LogP contribution is 2.21. The Kier molecular flexibility index (Phi) is 5.46. The summed E-state index contributed by atoms with van der Waals surface area (Å²) < 4.78 is 9.48. The lowest BCUT2D eigenvalue weighted by Crippen LogP contribution is -2.15. The molecule has 0 radical (unpaired) electrons. The number of benzene rings is 1. The van der Waals surface area contributed by atoms with E-state index in [2.05, 4.69) is 10.6 Å². The highest BCUT2D eigenvalue weighted by molar-refractivity contribution is 5.90. The van der Waals surface area contributed by atoms with Crippen molar-refractivity contribution in [3.05, 3.63) is 18.2 Å². The van der Waals surface area contributed by atoms with E-state index >= 15 is 0 Å². The van der Waals surface area contributed by atoms with Gasteiger partial charge >= 0.3 is 12.2 Å². The first-order valence-electron chi connectivity index (χ1n) is 5.83. The van der Waals surface area contributed by atoms with E-state index in [0.717, 1.165) is 0 Å². The van der Waals surface area contributed by atoms with E-state index < -0.39 is 12.2 Å². The van der Waals surface area contributed by atoms with Crippen LogP contribution in [0.1, 0.15) is 13.8 Å². The molecule has 0 fully saturated rings. The maximum absolute atomic E-state index is 11.3. The van der Waals surface area contributed by atoms with Crippen molar-refractivity contribution in [2.24, 2.45) is 0 Å². The molecule has 1 rings (SSSR count). The fourth-order valence-corrected chi connectivity index (χ4v) is 1.37. The molecule has 0 heterocycles. The molecule has 0 saturated carbocycles. The zero-order valence-corrected chi connectivity index (χ0v) is 10.9. The maximum atomic E-state index is 11.3. The topological polar surface area (TPSA) is 103 Å². The van der Waals surface area contributed by atoms with Crippen molar-refractivity contribution in [2.75, 3.05) is 29.6 Å². The normalized spacial score (nSPS) is 9.58. The molecule has 7 nitrogen and oxygen atoms in total. The van der Waals surface area contributed by atoms with Crippen LogP contribution >= 0.6 is 0 Å². The van der Waals surface area contributed by atoms with E-state index in [1.165, 1.54) is 0 Å². The molecule has 19 heavy (non-hydrogen) atoms. The van der Waals surface area contributed by atoms with Gasteiger partial charge in [0, 0.05) is 17.1 Å². The summed E-state index contributed by atoms with van der Waals surface area (Å²) in [6, 6.07) is 4.64. The Bertz CT molecular complexity index is 424. The van der Waals surface area contributed by atoms with E-state index in [1.807, 2.05) is 0 Å². The van der Waals surface area contributed by atoms with Gasteiger partial charge in [0.25, 0.3) is 0 Å². The fourth-order valence-electron chi connectivity index (χ4n) is 1.37. The van der Waals surface area contributed by atoms with Gasteiger partial charge in [-0.05, 0) is 32.0 Å². The lowest BCUT2D eigenvalue weighted by atomic mass is 10.2. The van der Waals surface area contributed by atoms with Crippen molar-refractivity contribution in [3.63, 3.8) is 0 Å². The van der Waals surface area contributed by atoms with E-state index in [0.29, 0.717) is 17.1 Å². The maximum Gasteiger partial charge on any atom is 0.411 e. The minimum absolute atomic E-state index is 0.266. The lowest BCUT2D eigenvalue weighted by Gasteiger charge is -2.10. The van der Waals surface area contributed by atoms with Gasteiger partial charge in [-0.3, -0.25) is 10.6 Å². The molecule has 0 aliphatic heterocycles.